The minimum Gasteiger partial charge on any atom is -0.457 e. The van der Waals surface area contributed by atoms with E-state index >= 15 is 0 Å². The van der Waals surface area contributed by atoms with E-state index in [1.807, 2.05) is 18.3 Å². The Labute approximate surface area is 309 Å². The number of para-hydroxylation sites is 1. The molecule has 0 saturated carbocycles. The van der Waals surface area contributed by atoms with E-state index in [4.69, 9.17) is 14.8 Å². The number of aryl methyl sites for hydroxylation is 1. The third-order valence-corrected chi connectivity index (χ3v) is 10.1. The van der Waals surface area contributed by atoms with Crippen molar-refractivity contribution >= 4 is 21.8 Å². The van der Waals surface area contributed by atoms with Crippen LogP contribution in [0.25, 0.3) is 44.4 Å². The minimum atomic E-state index is 0.0155. The summed E-state index contributed by atoms with van der Waals surface area (Å²) in [5.41, 5.74) is 11.9. The third-order valence-electron chi connectivity index (χ3n) is 10.1. The monoisotopic (exact) mass is 688 g/mol. The van der Waals surface area contributed by atoms with Crippen LogP contribution in [0.4, 0.5) is 0 Å². The fraction of sp³-hybridized carbons (Fsp3) is 0.319. The SMILES string of the molecule is Cc1ccnc(-n2c3ccccc3c3ccc(Oc4cccc(-n5nc(C(C)C)c(-c6cc(C(C)(C)C)cc(C(C)(C)C)c6)c5C(C)C)c4)cc32)c1. The van der Waals surface area contributed by atoms with Crippen molar-refractivity contribution < 1.29 is 4.74 Å². The molecule has 0 amide bonds. The summed E-state index contributed by atoms with van der Waals surface area (Å²) >= 11 is 0. The first-order valence-corrected chi connectivity index (χ1v) is 18.6. The van der Waals surface area contributed by atoms with Gasteiger partial charge in [-0.05, 0) is 94.3 Å². The molecule has 0 aliphatic heterocycles. The summed E-state index contributed by atoms with van der Waals surface area (Å²) < 4.78 is 11.1. The predicted molar refractivity (Wildman–Crippen MR) is 218 cm³/mol. The van der Waals surface area contributed by atoms with E-state index in [1.165, 1.54) is 38.9 Å². The smallest absolute Gasteiger partial charge is 0.137 e. The second-order valence-electron chi connectivity index (χ2n) is 17.0. The van der Waals surface area contributed by atoms with Gasteiger partial charge in [-0.1, -0.05) is 112 Å². The molecule has 0 aliphatic carbocycles. The van der Waals surface area contributed by atoms with Gasteiger partial charge >= 0.3 is 0 Å². The highest BCUT2D eigenvalue weighted by Gasteiger charge is 2.28. The molecule has 266 valence electrons. The molecular weight excluding hydrogens is 637 g/mol. The van der Waals surface area contributed by atoms with Crippen molar-refractivity contribution in [2.45, 2.75) is 98.8 Å². The van der Waals surface area contributed by atoms with E-state index in [-0.39, 0.29) is 22.7 Å². The van der Waals surface area contributed by atoms with Gasteiger partial charge in [0, 0.05) is 34.7 Å². The number of ether oxygens (including phenoxy) is 1. The first-order valence-electron chi connectivity index (χ1n) is 18.6. The van der Waals surface area contributed by atoms with Gasteiger partial charge < -0.3 is 4.74 Å². The minimum absolute atomic E-state index is 0.0155. The molecule has 0 N–H and O–H groups in total. The Morgan fingerprint density at radius 2 is 1.31 bits per heavy atom. The van der Waals surface area contributed by atoms with Crippen LogP contribution in [0.15, 0.2) is 103 Å². The van der Waals surface area contributed by atoms with Crippen molar-refractivity contribution in [3.63, 3.8) is 0 Å². The van der Waals surface area contributed by atoms with Crippen molar-refractivity contribution in [3.8, 4) is 34.1 Å². The van der Waals surface area contributed by atoms with Gasteiger partial charge in [-0.25, -0.2) is 9.67 Å². The zero-order valence-corrected chi connectivity index (χ0v) is 32.7. The molecule has 0 aliphatic rings. The molecule has 52 heavy (non-hydrogen) atoms. The van der Waals surface area contributed by atoms with Gasteiger partial charge in [-0.2, -0.15) is 5.10 Å². The Bertz CT molecular complexity index is 2390. The van der Waals surface area contributed by atoms with Gasteiger partial charge in [0.1, 0.15) is 17.3 Å². The van der Waals surface area contributed by atoms with Gasteiger partial charge in [-0.3, -0.25) is 4.57 Å². The average molecular weight is 689 g/mol. The lowest BCUT2D eigenvalue weighted by Crippen LogP contribution is -2.16. The first-order chi connectivity index (χ1) is 24.6. The maximum absolute atomic E-state index is 6.66. The fourth-order valence-corrected chi connectivity index (χ4v) is 7.23. The van der Waals surface area contributed by atoms with Crippen LogP contribution >= 0.6 is 0 Å². The highest BCUT2D eigenvalue weighted by atomic mass is 16.5. The van der Waals surface area contributed by atoms with Gasteiger partial charge in [0.05, 0.1) is 28.1 Å². The molecule has 4 aromatic carbocycles. The number of rotatable bonds is 7. The molecular formula is C47H52N4O. The molecule has 0 unspecified atom stereocenters. The summed E-state index contributed by atoms with van der Waals surface area (Å²) in [7, 11) is 0. The van der Waals surface area contributed by atoms with E-state index in [0.717, 1.165) is 45.1 Å². The topological polar surface area (TPSA) is 44.9 Å². The van der Waals surface area contributed by atoms with Crippen LogP contribution in [0.2, 0.25) is 0 Å². The van der Waals surface area contributed by atoms with E-state index in [2.05, 4.69) is 170 Å². The number of benzene rings is 4. The van der Waals surface area contributed by atoms with Crippen molar-refractivity contribution in [1.29, 1.82) is 0 Å². The van der Waals surface area contributed by atoms with Crippen molar-refractivity contribution in [2.75, 3.05) is 0 Å². The maximum Gasteiger partial charge on any atom is 0.137 e. The summed E-state index contributed by atoms with van der Waals surface area (Å²) in [5, 5.41) is 7.73. The van der Waals surface area contributed by atoms with Gasteiger partial charge in [0.15, 0.2) is 0 Å². The summed E-state index contributed by atoms with van der Waals surface area (Å²) in [6.45, 7) is 25.0. The molecule has 0 bridgehead atoms. The van der Waals surface area contributed by atoms with Crippen LogP contribution in [-0.4, -0.2) is 19.3 Å². The molecule has 5 nitrogen and oxygen atoms in total. The maximum atomic E-state index is 6.66. The largest absolute Gasteiger partial charge is 0.457 e. The Kier molecular flexibility index (Phi) is 8.89. The highest BCUT2D eigenvalue weighted by molar-refractivity contribution is 6.09. The van der Waals surface area contributed by atoms with Gasteiger partial charge in [0.2, 0.25) is 0 Å². The van der Waals surface area contributed by atoms with Crippen LogP contribution < -0.4 is 4.74 Å². The normalized spacial score (nSPS) is 12.5. The second kappa shape index (κ2) is 13.1. The quantitative estimate of drug-likeness (QED) is 0.167. The molecule has 0 fully saturated rings. The number of nitrogens with zero attached hydrogens (tertiary/aromatic N) is 4. The molecule has 0 spiro atoms. The van der Waals surface area contributed by atoms with E-state index < -0.39 is 0 Å². The standard InChI is InChI=1S/C47H52N4O/c1-29(2)44-43(32-24-33(46(6,7)8)26-34(25-32)47(9,10)11)45(30(3)4)51(49-44)35-15-14-16-36(27-35)52-37-19-20-39-38-17-12-13-18-40(38)50(41(39)28-37)42-23-31(5)21-22-48-42/h12-30H,1-11H3. The van der Waals surface area contributed by atoms with Gasteiger partial charge in [-0.15, -0.1) is 0 Å². The Morgan fingerprint density at radius 1 is 0.635 bits per heavy atom. The zero-order valence-electron chi connectivity index (χ0n) is 32.7. The number of aromatic nitrogens is 4. The molecule has 3 aromatic heterocycles. The second-order valence-corrected chi connectivity index (χ2v) is 17.0. The summed E-state index contributed by atoms with van der Waals surface area (Å²) in [6, 6.07) is 34.5. The van der Waals surface area contributed by atoms with Crippen LogP contribution in [0, 0.1) is 6.92 Å². The zero-order chi connectivity index (χ0) is 37.1. The molecule has 7 aromatic rings. The lowest BCUT2D eigenvalue weighted by Gasteiger charge is -2.27. The van der Waals surface area contributed by atoms with E-state index in [0.29, 0.717) is 0 Å². The van der Waals surface area contributed by atoms with Crippen molar-refractivity contribution in [2.24, 2.45) is 0 Å². The lowest BCUT2D eigenvalue weighted by atomic mass is 9.78. The highest BCUT2D eigenvalue weighted by Crippen LogP contribution is 2.42. The molecule has 0 radical (unpaired) electrons. The number of hydrogen-bond acceptors (Lipinski definition) is 3. The summed E-state index contributed by atoms with van der Waals surface area (Å²) in [6.07, 6.45) is 1.87. The molecule has 3 heterocycles. The van der Waals surface area contributed by atoms with Crippen LogP contribution in [0.3, 0.4) is 0 Å². The molecule has 7 rings (SSSR count). The lowest BCUT2D eigenvalue weighted by molar-refractivity contribution is 0.482. The Morgan fingerprint density at radius 3 is 1.96 bits per heavy atom. The molecule has 0 saturated heterocycles. The van der Waals surface area contributed by atoms with Crippen molar-refractivity contribution in [3.05, 3.63) is 131 Å². The number of fused-ring (bicyclic) bond motifs is 3. The van der Waals surface area contributed by atoms with E-state index in [9.17, 15) is 0 Å². The van der Waals surface area contributed by atoms with Gasteiger partial charge in [0.25, 0.3) is 0 Å². The Hall–Kier alpha value is -5.16. The fourth-order valence-electron chi connectivity index (χ4n) is 7.23. The molecule has 0 atom stereocenters. The Balaban J connectivity index is 1.34. The third kappa shape index (κ3) is 6.53. The summed E-state index contributed by atoms with van der Waals surface area (Å²) in [5.74, 6) is 2.89. The van der Waals surface area contributed by atoms with Crippen LogP contribution in [0.1, 0.15) is 109 Å². The first kappa shape index (κ1) is 35.3. The molecule has 5 heteroatoms. The number of hydrogen-bond donors (Lipinski definition) is 0. The van der Waals surface area contributed by atoms with E-state index in [1.54, 1.807) is 0 Å². The van der Waals surface area contributed by atoms with Crippen LogP contribution in [0.5, 0.6) is 11.5 Å². The predicted octanol–water partition coefficient (Wildman–Crippen LogP) is 13.0. The average Bonchev–Trinajstić information content (AvgIpc) is 3.65. The summed E-state index contributed by atoms with van der Waals surface area (Å²) in [4.78, 5) is 4.75. The van der Waals surface area contributed by atoms with Crippen LogP contribution in [-0.2, 0) is 10.8 Å². The number of pyridine rings is 1. The van der Waals surface area contributed by atoms with Crippen molar-refractivity contribution in [1.82, 2.24) is 19.3 Å².